The van der Waals surface area contributed by atoms with E-state index in [0.717, 1.165) is 17.7 Å². The molecule has 3 aromatic carbocycles. The summed E-state index contributed by atoms with van der Waals surface area (Å²) in [5, 5.41) is 11.3. The van der Waals surface area contributed by atoms with Crippen molar-refractivity contribution < 1.29 is 59.3 Å². The predicted octanol–water partition coefficient (Wildman–Crippen LogP) is 5.55. The Morgan fingerprint density at radius 2 is 1.67 bits per heavy atom. The molecule has 1 aliphatic rings. The number of amides is 2. The zero-order valence-electron chi connectivity index (χ0n) is 26.2. The molecule has 238 valence electrons. The fourth-order valence-corrected chi connectivity index (χ4v) is 4.78. The minimum atomic E-state index is -0.595. The van der Waals surface area contributed by atoms with E-state index in [-0.39, 0.29) is 48.4 Å². The largest absolute Gasteiger partial charge is 2.00 e. The van der Waals surface area contributed by atoms with E-state index >= 15 is 0 Å². The van der Waals surface area contributed by atoms with Gasteiger partial charge in [0.2, 0.25) is 0 Å². The summed E-state index contributed by atoms with van der Waals surface area (Å²) < 4.78 is 19.6. The summed E-state index contributed by atoms with van der Waals surface area (Å²) in [6, 6.07) is 19.2. The van der Waals surface area contributed by atoms with Crippen molar-refractivity contribution in [2.75, 3.05) is 49.5 Å². The number of quaternary nitrogens is 1. The van der Waals surface area contributed by atoms with Crippen molar-refractivity contribution >= 4 is 35.2 Å². The van der Waals surface area contributed by atoms with Crippen LogP contribution in [0.5, 0.6) is 11.5 Å². The van der Waals surface area contributed by atoms with Gasteiger partial charge in [-0.05, 0) is 72.0 Å². The number of hydrogen-bond acceptors (Lipinski definition) is 6. The average molecular weight is 853 g/mol. The zero-order chi connectivity index (χ0) is 32.7. The van der Waals surface area contributed by atoms with Gasteiger partial charge in [-0.15, -0.1) is 0 Å². The van der Waals surface area contributed by atoms with Gasteiger partial charge < -0.3 is 41.1 Å². The molecule has 0 bridgehead atoms. The van der Waals surface area contributed by atoms with E-state index in [2.05, 4.69) is 0 Å². The summed E-state index contributed by atoms with van der Waals surface area (Å²) in [7, 11) is 6.82. The van der Waals surface area contributed by atoms with Gasteiger partial charge in [-0.3, -0.25) is 4.79 Å². The van der Waals surface area contributed by atoms with Crippen LogP contribution in [0.2, 0.25) is 0 Å². The minimum Gasteiger partial charge on any atom is -0.493 e. The van der Waals surface area contributed by atoms with Gasteiger partial charge in [0, 0.05) is 56.2 Å². The van der Waals surface area contributed by atoms with E-state index in [0.29, 0.717) is 46.5 Å². The maximum Gasteiger partial charge on any atom is 2.00 e. The van der Waals surface area contributed by atoms with Gasteiger partial charge >= 0.3 is 31.1 Å². The molecule has 0 aromatic heterocycles. The molecule has 1 fully saturated rings. The monoisotopic (exact) mass is 852 g/mol. The van der Waals surface area contributed by atoms with E-state index in [1.165, 1.54) is 34.1 Å². The molecule has 1 atom stereocenters. The molecule has 1 unspecified atom stereocenters. The minimum absolute atomic E-state index is 0. The molecule has 46 heavy (non-hydrogen) atoms. The van der Waals surface area contributed by atoms with Crippen molar-refractivity contribution in [2.24, 2.45) is 5.73 Å². The Kier molecular flexibility index (Phi) is 12.6. The molecule has 1 saturated carbocycles. The third-order valence-electron chi connectivity index (χ3n) is 7.68. The Morgan fingerprint density at radius 1 is 1.02 bits per heavy atom. The van der Waals surface area contributed by atoms with Crippen LogP contribution in [0.25, 0.3) is 11.1 Å². The SMILES string of the molecule is CO[N+](C)(C/C=C/C(=O)N(C)c1cccc(N(C=O)C(=[N-])/C(=C(\[NH-])N)N(C)c2ccc(Oc3cccc(F)c3)cc2)c1)C1CC1.[U+2]. The number of carbonyl (C=O) groups is 2. The number of carbonyl (C=O) groups excluding carboxylic acids is 2. The number of rotatable bonds is 13. The molecule has 3 N–H and O–H groups in total. The van der Waals surface area contributed by atoms with Gasteiger partial charge in [0.15, 0.2) is 0 Å². The predicted molar refractivity (Wildman–Crippen MR) is 174 cm³/mol. The maximum atomic E-state index is 13.5. The Morgan fingerprint density at radius 3 is 2.26 bits per heavy atom. The summed E-state index contributed by atoms with van der Waals surface area (Å²) in [4.78, 5) is 34.6. The molecule has 0 saturated heterocycles. The number of hydroxylamine groups is 3. The quantitative estimate of drug-likeness (QED) is 0.0599. The van der Waals surface area contributed by atoms with Crippen LogP contribution in [0.3, 0.4) is 0 Å². The van der Waals surface area contributed by atoms with Crippen molar-refractivity contribution in [1.82, 2.24) is 0 Å². The van der Waals surface area contributed by atoms with Gasteiger partial charge in [0.25, 0.3) is 5.91 Å². The van der Waals surface area contributed by atoms with Gasteiger partial charge in [0.05, 0.1) is 14.2 Å². The maximum absolute atomic E-state index is 13.5. The molecule has 1 aliphatic carbocycles. The normalized spacial score (nSPS) is 14.4. The number of benzene rings is 3. The molecular formula is C33H37FN7O4U+. The number of hydrogen-bond donors (Lipinski definition) is 1. The Hall–Kier alpha value is -4.15. The first-order valence-electron chi connectivity index (χ1n) is 14.2. The smallest absolute Gasteiger partial charge is 0.493 e. The standard InChI is InChI=1S/C33H37FN7O4.U/c1-38(30(43)12-7-19-41(3,44-4)27-15-16-27)25-9-6-10-26(21-25)40(22-42)33(37)31(32(35)36)39(2)24-13-17-28(18-14-24)45-29-11-5-8-23(34)20-29;/h5-14,17-18,20-22,27H,15-16,19H2,1-4H3,(H3-2,35,36,37);/q-1;+2/b12-7+;. The summed E-state index contributed by atoms with van der Waals surface area (Å²) >= 11 is 0. The molecule has 3 aromatic rings. The first kappa shape index (κ1) is 36.3. The number of anilines is 3. The first-order chi connectivity index (χ1) is 21.5. The van der Waals surface area contributed by atoms with Crippen LogP contribution in [0.4, 0.5) is 21.5 Å². The molecule has 4 rings (SSSR count). The van der Waals surface area contributed by atoms with Gasteiger partial charge in [-0.2, -0.15) is 4.65 Å². The van der Waals surface area contributed by atoms with Gasteiger partial charge in [-0.1, -0.05) is 18.2 Å². The first-order valence-corrected chi connectivity index (χ1v) is 14.2. The fourth-order valence-electron chi connectivity index (χ4n) is 4.78. The van der Waals surface area contributed by atoms with Crippen LogP contribution >= 0.6 is 0 Å². The van der Waals surface area contributed by atoms with Crippen molar-refractivity contribution in [1.29, 1.82) is 0 Å². The Balaban J connectivity index is 0.00000576. The molecule has 0 spiro atoms. The molecule has 0 heterocycles. The van der Waals surface area contributed by atoms with Crippen molar-refractivity contribution in [3.05, 3.63) is 113 Å². The summed E-state index contributed by atoms with van der Waals surface area (Å²) in [6.07, 6.45) is 5.84. The van der Waals surface area contributed by atoms with E-state index in [1.807, 2.05) is 7.05 Å². The number of ether oxygens (including phenoxy) is 1. The molecule has 0 radical (unpaired) electrons. The summed E-state index contributed by atoms with van der Waals surface area (Å²) in [5.74, 6) is -1.04. The number of likely N-dealkylation sites (N-methyl/N-ethyl adjacent to an activating group) is 3. The van der Waals surface area contributed by atoms with E-state index < -0.39 is 17.5 Å². The molecule has 11 nitrogen and oxygen atoms in total. The number of nitrogens with zero attached hydrogens (tertiary/aromatic N) is 5. The van der Waals surface area contributed by atoms with Crippen molar-refractivity contribution in [2.45, 2.75) is 18.9 Å². The topological polar surface area (TPSA) is 134 Å². The van der Waals surface area contributed by atoms with Crippen LogP contribution < -0.4 is 25.2 Å². The second-order valence-corrected chi connectivity index (χ2v) is 10.8. The summed E-state index contributed by atoms with van der Waals surface area (Å²) in [6.45, 7) is 0.544. The number of amidine groups is 1. The molecular weight excluding hydrogens is 815 g/mol. The summed E-state index contributed by atoms with van der Waals surface area (Å²) in [5.41, 5.74) is 15.1. The second-order valence-electron chi connectivity index (χ2n) is 10.8. The zero-order valence-corrected chi connectivity index (χ0v) is 30.3. The molecule has 13 heteroatoms. The second kappa shape index (κ2) is 15.9. The van der Waals surface area contributed by atoms with Gasteiger partial charge in [-0.25, -0.2) is 9.23 Å². The van der Waals surface area contributed by atoms with Crippen LogP contribution in [0.15, 0.2) is 96.5 Å². The van der Waals surface area contributed by atoms with Crippen LogP contribution in [0.1, 0.15) is 12.8 Å². The van der Waals surface area contributed by atoms with E-state index in [1.54, 1.807) is 81.9 Å². The van der Waals surface area contributed by atoms with E-state index in [4.69, 9.17) is 21.0 Å². The third kappa shape index (κ3) is 8.76. The van der Waals surface area contributed by atoms with Crippen molar-refractivity contribution in [3.8, 4) is 11.5 Å². The van der Waals surface area contributed by atoms with Crippen molar-refractivity contribution in [3.63, 3.8) is 0 Å². The number of halogens is 1. The average Bonchev–Trinajstić information content (AvgIpc) is 3.88. The number of nitrogens with two attached hydrogens (primary N) is 1. The van der Waals surface area contributed by atoms with Crippen LogP contribution in [-0.4, -0.2) is 63.6 Å². The number of nitrogens with one attached hydrogen (secondary N) is 1. The van der Waals surface area contributed by atoms with Gasteiger partial charge in [0.1, 0.15) is 36.3 Å². The fraction of sp³-hybridized carbons (Fsp3) is 0.242. The molecule has 0 aliphatic heterocycles. The molecule has 2 amide bonds. The van der Waals surface area contributed by atoms with Crippen LogP contribution in [0, 0.1) is 36.9 Å². The van der Waals surface area contributed by atoms with E-state index in [9.17, 15) is 19.4 Å². The Bertz CT molecular complexity index is 1610. The van der Waals surface area contributed by atoms with Crippen LogP contribution in [-0.2, 0) is 14.4 Å². The third-order valence-corrected chi connectivity index (χ3v) is 7.68. The Labute approximate surface area is 292 Å².